The zero-order valence-electron chi connectivity index (χ0n) is 10.3. The molecule has 2 N–H and O–H groups in total. The van der Waals surface area contributed by atoms with Crippen LogP contribution < -0.4 is 5.32 Å². The Balaban J connectivity index is 2.51. The molecule has 0 aliphatic heterocycles. The highest BCUT2D eigenvalue weighted by Crippen LogP contribution is 2.27. The van der Waals surface area contributed by atoms with E-state index in [2.05, 4.69) is 15.5 Å². The lowest BCUT2D eigenvalue weighted by atomic mass is 10.0. The summed E-state index contributed by atoms with van der Waals surface area (Å²) >= 11 is 0. The molecule has 0 radical (unpaired) electrons. The third kappa shape index (κ3) is 2.22. The van der Waals surface area contributed by atoms with E-state index in [9.17, 15) is 4.39 Å². The molecule has 17 heavy (non-hydrogen) atoms. The Labute approximate surface area is 100 Å². The number of aromatic amines is 1. The van der Waals surface area contributed by atoms with Crippen LogP contribution >= 0.6 is 0 Å². The van der Waals surface area contributed by atoms with Gasteiger partial charge in [0.25, 0.3) is 0 Å². The van der Waals surface area contributed by atoms with Gasteiger partial charge in [0.2, 0.25) is 0 Å². The number of hydrogen-bond acceptors (Lipinski definition) is 2. The van der Waals surface area contributed by atoms with Crippen LogP contribution in [-0.2, 0) is 6.54 Å². The van der Waals surface area contributed by atoms with E-state index < -0.39 is 0 Å². The molecule has 0 spiro atoms. The van der Waals surface area contributed by atoms with Gasteiger partial charge in [-0.15, -0.1) is 0 Å². The maximum absolute atomic E-state index is 13.3. The van der Waals surface area contributed by atoms with Gasteiger partial charge in [0, 0.05) is 17.8 Å². The largest absolute Gasteiger partial charge is 0.314 e. The summed E-state index contributed by atoms with van der Waals surface area (Å²) in [5, 5.41) is 10.3. The first-order valence-corrected chi connectivity index (χ1v) is 5.58. The van der Waals surface area contributed by atoms with Gasteiger partial charge in [0.15, 0.2) is 0 Å². The lowest BCUT2D eigenvalue weighted by Gasteiger charge is -2.05. The summed E-state index contributed by atoms with van der Waals surface area (Å²) in [5.74, 6) is -0.176. The number of aryl methyl sites for hydroxylation is 2. The minimum absolute atomic E-state index is 0.176. The molecule has 0 atom stereocenters. The van der Waals surface area contributed by atoms with Gasteiger partial charge in [-0.2, -0.15) is 5.10 Å². The topological polar surface area (TPSA) is 40.7 Å². The molecule has 0 aliphatic carbocycles. The lowest BCUT2D eigenvalue weighted by molar-refractivity contribution is 0.619. The van der Waals surface area contributed by atoms with Crippen molar-refractivity contribution >= 4 is 0 Å². The molecule has 0 saturated heterocycles. The van der Waals surface area contributed by atoms with Gasteiger partial charge in [-0.3, -0.25) is 5.10 Å². The van der Waals surface area contributed by atoms with Crippen molar-refractivity contribution in [2.45, 2.75) is 20.4 Å². The summed E-state index contributed by atoms with van der Waals surface area (Å²) in [6.45, 7) is 4.43. The molecule has 4 heteroatoms. The summed E-state index contributed by atoms with van der Waals surface area (Å²) in [4.78, 5) is 0. The first-order chi connectivity index (χ1) is 8.13. The van der Waals surface area contributed by atoms with Crippen LogP contribution in [0.2, 0.25) is 0 Å². The number of aromatic nitrogens is 2. The predicted molar refractivity (Wildman–Crippen MR) is 66.2 cm³/mol. The first-order valence-electron chi connectivity index (χ1n) is 5.58. The van der Waals surface area contributed by atoms with Crippen molar-refractivity contribution in [3.63, 3.8) is 0 Å². The van der Waals surface area contributed by atoms with E-state index in [0.29, 0.717) is 12.1 Å². The lowest BCUT2D eigenvalue weighted by Crippen LogP contribution is -2.06. The van der Waals surface area contributed by atoms with Crippen molar-refractivity contribution in [2.75, 3.05) is 7.05 Å². The van der Waals surface area contributed by atoms with Crippen LogP contribution in [0.3, 0.4) is 0 Å². The fourth-order valence-electron chi connectivity index (χ4n) is 1.96. The van der Waals surface area contributed by atoms with E-state index in [1.165, 1.54) is 6.07 Å². The molecule has 0 bridgehead atoms. The Hall–Kier alpha value is -1.68. The smallest absolute Gasteiger partial charge is 0.126 e. The molecule has 0 amide bonds. The van der Waals surface area contributed by atoms with Gasteiger partial charge in [-0.1, -0.05) is 6.07 Å². The van der Waals surface area contributed by atoms with Crippen molar-refractivity contribution in [3.05, 3.63) is 41.0 Å². The molecular weight excluding hydrogens is 217 g/mol. The van der Waals surface area contributed by atoms with Gasteiger partial charge in [0.05, 0.1) is 5.69 Å². The van der Waals surface area contributed by atoms with Crippen molar-refractivity contribution in [2.24, 2.45) is 0 Å². The number of H-pyrrole nitrogens is 1. The second-order valence-electron chi connectivity index (χ2n) is 4.16. The number of benzene rings is 1. The monoisotopic (exact) mass is 233 g/mol. The van der Waals surface area contributed by atoms with E-state index in [4.69, 9.17) is 0 Å². The summed E-state index contributed by atoms with van der Waals surface area (Å²) in [5.41, 5.74) is 4.67. The molecule has 0 unspecified atom stereocenters. The van der Waals surface area contributed by atoms with E-state index in [1.54, 1.807) is 13.0 Å². The van der Waals surface area contributed by atoms with E-state index in [0.717, 1.165) is 22.5 Å². The van der Waals surface area contributed by atoms with Crippen LogP contribution in [0.4, 0.5) is 4.39 Å². The SMILES string of the molecule is CNCc1n[nH]c(C)c1-c1ccc(F)c(C)c1. The van der Waals surface area contributed by atoms with Crippen LogP contribution in [0.15, 0.2) is 18.2 Å². The summed E-state index contributed by atoms with van der Waals surface area (Å²) < 4.78 is 13.3. The molecule has 1 aromatic carbocycles. The molecule has 1 aromatic heterocycles. The summed E-state index contributed by atoms with van der Waals surface area (Å²) in [6.07, 6.45) is 0. The standard InChI is InChI=1S/C13H16FN3/c1-8-6-10(4-5-11(8)14)13-9(2)16-17-12(13)7-15-3/h4-6,15H,7H2,1-3H3,(H,16,17). The maximum Gasteiger partial charge on any atom is 0.126 e. The van der Waals surface area contributed by atoms with E-state index >= 15 is 0 Å². The van der Waals surface area contributed by atoms with Crippen molar-refractivity contribution in [3.8, 4) is 11.1 Å². The van der Waals surface area contributed by atoms with E-state index in [1.807, 2.05) is 20.0 Å². The highest BCUT2D eigenvalue weighted by molar-refractivity contribution is 5.69. The summed E-state index contributed by atoms with van der Waals surface area (Å²) in [7, 11) is 1.88. The van der Waals surface area contributed by atoms with Crippen molar-refractivity contribution in [1.82, 2.24) is 15.5 Å². The van der Waals surface area contributed by atoms with Gasteiger partial charge < -0.3 is 5.32 Å². The van der Waals surface area contributed by atoms with E-state index in [-0.39, 0.29) is 5.82 Å². The maximum atomic E-state index is 13.3. The Morgan fingerprint density at radius 2 is 2.12 bits per heavy atom. The van der Waals surface area contributed by atoms with Gasteiger partial charge in [-0.25, -0.2) is 4.39 Å². The van der Waals surface area contributed by atoms with Crippen LogP contribution in [0, 0.1) is 19.7 Å². The second kappa shape index (κ2) is 4.67. The highest BCUT2D eigenvalue weighted by atomic mass is 19.1. The molecule has 1 heterocycles. The molecular formula is C13H16FN3. The number of hydrogen-bond donors (Lipinski definition) is 2. The fraction of sp³-hybridized carbons (Fsp3) is 0.308. The first kappa shape index (κ1) is 11.8. The number of nitrogens with zero attached hydrogens (tertiary/aromatic N) is 1. The number of rotatable bonds is 3. The summed E-state index contributed by atoms with van der Waals surface area (Å²) in [6, 6.07) is 5.14. The quantitative estimate of drug-likeness (QED) is 0.855. The Kier molecular flexibility index (Phi) is 3.24. The minimum atomic E-state index is -0.176. The second-order valence-corrected chi connectivity index (χ2v) is 4.16. The molecule has 0 saturated carbocycles. The Bertz CT molecular complexity index is 531. The van der Waals surface area contributed by atoms with Gasteiger partial charge in [0.1, 0.15) is 5.82 Å². The van der Waals surface area contributed by atoms with Crippen molar-refractivity contribution < 1.29 is 4.39 Å². The zero-order valence-corrected chi connectivity index (χ0v) is 10.3. The Morgan fingerprint density at radius 3 is 2.76 bits per heavy atom. The van der Waals surface area contributed by atoms with Crippen molar-refractivity contribution in [1.29, 1.82) is 0 Å². The number of halogens is 1. The fourth-order valence-corrected chi connectivity index (χ4v) is 1.96. The average molecular weight is 233 g/mol. The predicted octanol–water partition coefficient (Wildman–Crippen LogP) is 2.55. The van der Waals surface area contributed by atoms with Crippen LogP contribution in [0.25, 0.3) is 11.1 Å². The zero-order chi connectivity index (χ0) is 12.4. The van der Waals surface area contributed by atoms with Gasteiger partial charge >= 0.3 is 0 Å². The molecule has 2 aromatic rings. The third-order valence-corrected chi connectivity index (χ3v) is 2.81. The van der Waals surface area contributed by atoms with Crippen LogP contribution in [0.1, 0.15) is 17.0 Å². The van der Waals surface area contributed by atoms with Crippen LogP contribution in [-0.4, -0.2) is 17.2 Å². The Morgan fingerprint density at radius 1 is 1.35 bits per heavy atom. The minimum Gasteiger partial charge on any atom is -0.314 e. The normalized spacial score (nSPS) is 10.8. The molecule has 3 nitrogen and oxygen atoms in total. The average Bonchev–Trinajstić information content (AvgIpc) is 2.65. The number of nitrogens with one attached hydrogen (secondary N) is 2. The van der Waals surface area contributed by atoms with Gasteiger partial charge in [-0.05, 0) is 44.2 Å². The highest BCUT2D eigenvalue weighted by Gasteiger charge is 2.12. The molecule has 0 fully saturated rings. The molecule has 90 valence electrons. The molecule has 0 aliphatic rings. The molecule has 2 rings (SSSR count). The third-order valence-electron chi connectivity index (χ3n) is 2.81. The van der Waals surface area contributed by atoms with Crippen LogP contribution in [0.5, 0.6) is 0 Å².